The Morgan fingerprint density at radius 2 is 1.23 bits per heavy atom. The Morgan fingerprint density at radius 3 is 1.87 bits per heavy atom. The van der Waals surface area contributed by atoms with E-state index < -0.39 is 0 Å². The minimum Gasteiger partial charge on any atom is -0.297 e. The third kappa shape index (κ3) is 4.02. The fourth-order valence-corrected chi connectivity index (χ4v) is 4.67. The summed E-state index contributed by atoms with van der Waals surface area (Å²) >= 11 is 0. The molecule has 0 saturated carbocycles. The van der Waals surface area contributed by atoms with Gasteiger partial charge in [-0.25, -0.2) is 0 Å². The number of hydrogen-bond acceptors (Lipinski definition) is 2. The van der Waals surface area contributed by atoms with Gasteiger partial charge in [0.05, 0.1) is 6.04 Å². The molecule has 2 heteroatoms. The van der Waals surface area contributed by atoms with Crippen LogP contribution in [-0.2, 0) is 0 Å². The minimum atomic E-state index is 0.328. The summed E-state index contributed by atoms with van der Waals surface area (Å²) in [6, 6.07) is 28.6. The first-order valence-corrected chi connectivity index (χ1v) is 10.9. The van der Waals surface area contributed by atoms with Gasteiger partial charge in [-0.2, -0.15) is 0 Å². The van der Waals surface area contributed by atoms with E-state index in [9.17, 15) is 0 Å². The van der Waals surface area contributed by atoms with Crippen molar-refractivity contribution >= 4 is 18.2 Å². The Bertz CT molecular complexity index is 993. The molecule has 3 aromatic rings. The molecule has 0 aromatic heterocycles. The number of nitrogens with zero attached hydrogens (tertiary/aromatic N) is 2. The van der Waals surface area contributed by atoms with Gasteiger partial charge in [-0.1, -0.05) is 103 Å². The molecule has 30 heavy (non-hydrogen) atoms. The van der Waals surface area contributed by atoms with Crippen LogP contribution in [0.1, 0.15) is 33.9 Å². The highest BCUT2D eigenvalue weighted by Crippen LogP contribution is 2.37. The van der Waals surface area contributed by atoms with Crippen molar-refractivity contribution in [3.63, 3.8) is 0 Å². The first-order chi connectivity index (χ1) is 14.9. The summed E-state index contributed by atoms with van der Waals surface area (Å²) in [7, 11) is 0. The van der Waals surface area contributed by atoms with E-state index in [1.54, 1.807) is 0 Å². The van der Waals surface area contributed by atoms with Crippen LogP contribution in [0.5, 0.6) is 0 Å². The Kier molecular flexibility index (Phi) is 5.60. The fourth-order valence-electron chi connectivity index (χ4n) is 4.67. The fraction of sp³-hybridized carbons (Fsp3) is 0.214. The summed E-state index contributed by atoms with van der Waals surface area (Å²) in [4.78, 5) is 5.23. The van der Waals surface area contributed by atoms with Crippen LogP contribution in [0.2, 0.25) is 0 Å². The van der Waals surface area contributed by atoms with Crippen LogP contribution >= 0.6 is 0 Å². The topological polar surface area (TPSA) is 6.48 Å². The molecule has 1 fully saturated rings. The summed E-state index contributed by atoms with van der Waals surface area (Å²) in [5.74, 6) is 0. The summed E-state index contributed by atoms with van der Waals surface area (Å²) in [6.07, 6.45) is 9.08. The van der Waals surface area contributed by atoms with Crippen LogP contribution < -0.4 is 0 Å². The molecule has 0 radical (unpaired) electrons. The molecule has 0 unspecified atom stereocenters. The molecule has 2 nitrogen and oxygen atoms in total. The van der Waals surface area contributed by atoms with Crippen molar-refractivity contribution in [2.75, 3.05) is 32.7 Å². The summed E-state index contributed by atoms with van der Waals surface area (Å²) < 4.78 is 0. The second-order valence-electron chi connectivity index (χ2n) is 8.14. The number of piperazine rings is 1. The molecular weight excluding hydrogens is 364 g/mol. The van der Waals surface area contributed by atoms with E-state index in [1.165, 1.54) is 27.8 Å². The molecule has 0 atom stereocenters. The van der Waals surface area contributed by atoms with Crippen molar-refractivity contribution in [2.24, 2.45) is 0 Å². The standard InChI is InChI=1S/C28H28N2/c1-2-9-23(10-3-1)11-8-18-29-19-21-30(22-20-29)28-26-14-6-4-12-24(26)16-17-25-13-5-7-15-27(25)28/h1-17,28H,18-22H2. The Hall–Kier alpha value is -2.94. The molecule has 3 aromatic carbocycles. The van der Waals surface area contributed by atoms with Crippen molar-refractivity contribution in [3.8, 4) is 0 Å². The normalized spacial score (nSPS) is 17.6. The first kappa shape index (κ1) is 19.0. The van der Waals surface area contributed by atoms with Gasteiger partial charge in [-0.15, -0.1) is 0 Å². The van der Waals surface area contributed by atoms with E-state index in [2.05, 4.69) is 113 Å². The van der Waals surface area contributed by atoms with Crippen LogP contribution in [-0.4, -0.2) is 42.5 Å². The molecule has 1 saturated heterocycles. The summed E-state index contributed by atoms with van der Waals surface area (Å²) in [6.45, 7) is 5.40. The predicted octanol–water partition coefficient (Wildman–Crippen LogP) is 5.59. The monoisotopic (exact) mass is 392 g/mol. The van der Waals surface area contributed by atoms with Crippen molar-refractivity contribution in [3.05, 3.63) is 113 Å². The highest BCUT2D eigenvalue weighted by molar-refractivity contribution is 5.76. The average molecular weight is 393 g/mol. The van der Waals surface area contributed by atoms with Gasteiger partial charge in [0.25, 0.3) is 0 Å². The van der Waals surface area contributed by atoms with Crippen molar-refractivity contribution < 1.29 is 0 Å². The zero-order valence-electron chi connectivity index (χ0n) is 17.3. The van der Waals surface area contributed by atoms with Crippen molar-refractivity contribution in [1.29, 1.82) is 0 Å². The van der Waals surface area contributed by atoms with E-state index in [0.29, 0.717) is 6.04 Å². The molecule has 5 rings (SSSR count). The molecule has 1 aliphatic heterocycles. The third-order valence-corrected chi connectivity index (χ3v) is 6.27. The lowest BCUT2D eigenvalue weighted by molar-refractivity contribution is 0.118. The lowest BCUT2D eigenvalue weighted by Gasteiger charge is -2.40. The molecule has 0 N–H and O–H groups in total. The smallest absolute Gasteiger partial charge is 0.0614 e. The minimum absolute atomic E-state index is 0.328. The molecule has 1 aliphatic carbocycles. The molecular formula is C28H28N2. The van der Waals surface area contributed by atoms with Gasteiger partial charge >= 0.3 is 0 Å². The quantitative estimate of drug-likeness (QED) is 0.571. The number of hydrogen-bond donors (Lipinski definition) is 0. The number of benzene rings is 3. The highest BCUT2D eigenvalue weighted by Gasteiger charge is 2.29. The summed E-state index contributed by atoms with van der Waals surface area (Å²) in [5.41, 5.74) is 6.81. The van der Waals surface area contributed by atoms with Gasteiger partial charge in [0.2, 0.25) is 0 Å². The number of fused-ring (bicyclic) bond motifs is 2. The number of rotatable bonds is 4. The van der Waals surface area contributed by atoms with E-state index in [1.807, 2.05) is 0 Å². The Morgan fingerprint density at radius 1 is 0.667 bits per heavy atom. The summed E-state index contributed by atoms with van der Waals surface area (Å²) in [5, 5.41) is 0. The first-order valence-electron chi connectivity index (χ1n) is 10.9. The van der Waals surface area contributed by atoms with Gasteiger partial charge in [0, 0.05) is 32.7 Å². The van der Waals surface area contributed by atoms with Crippen molar-refractivity contribution in [1.82, 2.24) is 9.80 Å². The maximum absolute atomic E-state index is 2.67. The van der Waals surface area contributed by atoms with Crippen LogP contribution in [0.15, 0.2) is 84.9 Å². The molecule has 0 amide bonds. The molecule has 150 valence electrons. The predicted molar refractivity (Wildman–Crippen MR) is 127 cm³/mol. The molecule has 0 bridgehead atoms. The second-order valence-corrected chi connectivity index (χ2v) is 8.14. The van der Waals surface area contributed by atoms with Gasteiger partial charge in [0.1, 0.15) is 0 Å². The lowest BCUT2D eigenvalue weighted by Crippen LogP contribution is -2.47. The maximum Gasteiger partial charge on any atom is 0.0614 e. The Labute approximate surface area is 179 Å². The molecule has 0 spiro atoms. The van der Waals surface area contributed by atoms with E-state index in [4.69, 9.17) is 0 Å². The van der Waals surface area contributed by atoms with Crippen LogP contribution in [0, 0.1) is 0 Å². The molecule has 2 aliphatic rings. The molecule has 1 heterocycles. The zero-order valence-corrected chi connectivity index (χ0v) is 17.3. The third-order valence-electron chi connectivity index (χ3n) is 6.27. The van der Waals surface area contributed by atoms with Crippen LogP contribution in [0.25, 0.3) is 18.2 Å². The largest absolute Gasteiger partial charge is 0.297 e. The average Bonchev–Trinajstić information content (AvgIpc) is 2.97. The van der Waals surface area contributed by atoms with E-state index in [0.717, 1.165) is 32.7 Å². The zero-order chi connectivity index (χ0) is 20.2. The van der Waals surface area contributed by atoms with Gasteiger partial charge in [-0.3, -0.25) is 9.80 Å². The second kappa shape index (κ2) is 8.83. The van der Waals surface area contributed by atoms with Crippen molar-refractivity contribution in [2.45, 2.75) is 6.04 Å². The Balaban J connectivity index is 1.31. The van der Waals surface area contributed by atoms with Crippen LogP contribution in [0.3, 0.4) is 0 Å². The SMILES string of the molecule is C(=Cc1ccccc1)CN1CCN(C2c3ccccc3C=Cc3ccccc32)CC1. The van der Waals surface area contributed by atoms with Gasteiger partial charge in [-0.05, 0) is 27.8 Å². The van der Waals surface area contributed by atoms with Crippen LogP contribution in [0.4, 0.5) is 0 Å². The highest BCUT2D eigenvalue weighted by atomic mass is 15.3. The van der Waals surface area contributed by atoms with E-state index >= 15 is 0 Å². The van der Waals surface area contributed by atoms with Gasteiger partial charge < -0.3 is 0 Å². The maximum atomic E-state index is 2.67. The lowest BCUT2D eigenvalue weighted by atomic mass is 9.92. The van der Waals surface area contributed by atoms with Gasteiger partial charge in [0.15, 0.2) is 0 Å². The van der Waals surface area contributed by atoms with E-state index in [-0.39, 0.29) is 0 Å².